The third-order valence-electron chi connectivity index (χ3n) is 5.74. The van der Waals surface area contributed by atoms with Crippen LogP contribution in [0.2, 0.25) is 0 Å². The summed E-state index contributed by atoms with van der Waals surface area (Å²) in [6.07, 6.45) is 8.67. The number of rotatable bonds is 4. The molecule has 6 heteroatoms. The van der Waals surface area contributed by atoms with Gasteiger partial charge in [0.05, 0.1) is 24.3 Å². The largest absolute Gasteiger partial charge is 0.302 e. The first-order chi connectivity index (χ1) is 14.5. The molecular weight excluding hydrogens is 374 g/mol. The fourth-order valence-corrected chi connectivity index (χ4v) is 4.04. The number of carbonyl (C=O) groups is 1. The van der Waals surface area contributed by atoms with Crippen LogP contribution in [0.15, 0.2) is 55.1 Å². The van der Waals surface area contributed by atoms with Crippen LogP contribution >= 0.6 is 0 Å². The van der Waals surface area contributed by atoms with Gasteiger partial charge in [-0.25, -0.2) is 0 Å². The van der Waals surface area contributed by atoms with Crippen molar-refractivity contribution in [1.29, 1.82) is 0 Å². The molecule has 0 saturated carbocycles. The van der Waals surface area contributed by atoms with Crippen molar-refractivity contribution in [3.8, 4) is 11.1 Å². The number of aryl methyl sites for hydroxylation is 1. The van der Waals surface area contributed by atoms with E-state index < -0.39 is 0 Å². The summed E-state index contributed by atoms with van der Waals surface area (Å²) in [6, 6.07) is 10.1. The molecule has 4 heterocycles. The number of ketones is 1. The van der Waals surface area contributed by atoms with E-state index in [9.17, 15) is 4.79 Å². The van der Waals surface area contributed by atoms with Gasteiger partial charge in [-0.05, 0) is 42.8 Å². The van der Waals surface area contributed by atoms with E-state index in [0.29, 0.717) is 0 Å². The molecule has 0 radical (unpaired) electrons. The van der Waals surface area contributed by atoms with Crippen molar-refractivity contribution >= 4 is 16.7 Å². The first-order valence-electron chi connectivity index (χ1n) is 10.1. The van der Waals surface area contributed by atoms with Crippen LogP contribution in [-0.4, -0.2) is 44.0 Å². The molecule has 3 aromatic heterocycles. The standard InChI is InChI=1S/C24H23N5O/c1-28-6-5-16-3-4-17(7-20(16)14-28)24(30)10-22-9-18-8-19(11-26-23(18)13-25-22)21-12-27-29(2)15-21/h3-4,7-9,11-13,15H,5-6,10,14H2,1-2H3. The van der Waals surface area contributed by atoms with Gasteiger partial charge in [0.1, 0.15) is 0 Å². The highest BCUT2D eigenvalue weighted by molar-refractivity contribution is 5.98. The molecule has 1 aliphatic heterocycles. The number of pyridine rings is 2. The van der Waals surface area contributed by atoms with E-state index in [-0.39, 0.29) is 12.2 Å². The van der Waals surface area contributed by atoms with Gasteiger partial charge in [0, 0.05) is 60.3 Å². The van der Waals surface area contributed by atoms with Crippen LogP contribution in [0.4, 0.5) is 0 Å². The maximum atomic E-state index is 12.9. The zero-order valence-corrected chi connectivity index (χ0v) is 17.2. The predicted octanol–water partition coefficient (Wildman–Crippen LogP) is 3.44. The number of hydrogen-bond acceptors (Lipinski definition) is 5. The number of nitrogens with zero attached hydrogens (tertiary/aromatic N) is 5. The fourth-order valence-electron chi connectivity index (χ4n) is 4.04. The molecule has 0 spiro atoms. The minimum absolute atomic E-state index is 0.0919. The lowest BCUT2D eigenvalue weighted by molar-refractivity contribution is 0.0991. The summed E-state index contributed by atoms with van der Waals surface area (Å²) in [6.45, 7) is 1.96. The molecule has 0 bridgehead atoms. The maximum absolute atomic E-state index is 12.9. The second-order valence-electron chi connectivity index (χ2n) is 8.07. The third kappa shape index (κ3) is 3.62. The Balaban J connectivity index is 1.41. The predicted molar refractivity (Wildman–Crippen MR) is 116 cm³/mol. The van der Waals surface area contributed by atoms with Gasteiger partial charge < -0.3 is 4.90 Å². The van der Waals surface area contributed by atoms with Crippen molar-refractivity contribution in [2.24, 2.45) is 7.05 Å². The molecule has 1 aliphatic rings. The van der Waals surface area contributed by atoms with Crippen LogP contribution in [0.3, 0.4) is 0 Å². The van der Waals surface area contributed by atoms with Gasteiger partial charge in [-0.3, -0.25) is 19.4 Å². The van der Waals surface area contributed by atoms with Gasteiger partial charge >= 0.3 is 0 Å². The normalized spacial score (nSPS) is 14.1. The average Bonchev–Trinajstić information content (AvgIpc) is 3.19. The Morgan fingerprint density at radius 2 is 1.90 bits per heavy atom. The Hall–Kier alpha value is -3.38. The van der Waals surface area contributed by atoms with Gasteiger partial charge in [0.2, 0.25) is 0 Å². The van der Waals surface area contributed by atoms with E-state index in [0.717, 1.165) is 52.8 Å². The summed E-state index contributed by atoms with van der Waals surface area (Å²) in [7, 11) is 4.01. The molecular formula is C24H23N5O. The zero-order valence-electron chi connectivity index (χ0n) is 17.2. The molecule has 6 nitrogen and oxygen atoms in total. The van der Waals surface area contributed by atoms with Gasteiger partial charge in [-0.1, -0.05) is 12.1 Å². The minimum atomic E-state index is 0.0919. The number of benzene rings is 1. The highest BCUT2D eigenvalue weighted by Crippen LogP contribution is 2.23. The van der Waals surface area contributed by atoms with Crippen LogP contribution < -0.4 is 0 Å². The van der Waals surface area contributed by atoms with Crippen LogP contribution in [0.25, 0.3) is 22.0 Å². The summed E-state index contributed by atoms with van der Waals surface area (Å²) < 4.78 is 1.77. The Morgan fingerprint density at radius 3 is 2.73 bits per heavy atom. The van der Waals surface area contributed by atoms with Crippen molar-refractivity contribution in [2.75, 3.05) is 13.6 Å². The summed E-state index contributed by atoms with van der Waals surface area (Å²) >= 11 is 0. The first-order valence-corrected chi connectivity index (χ1v) is 10.1. The number of aromatic nitrogens is 4. The second-order valence-corrected chi connectivity index (χ2v) is 8.07. The fraction of sp³-hybridized carbons (Fsp3) is 0.250. The molecule has 0 atom stereocenters. The molecule has 0 saturated heterocycles. The smallest absolute Gasteiger partial charge is 0.168 e. The second kappa shape index (κ2) is 7.46. The van der Waals surface area contributed by atoms with Crippen molar-refractivity contribution < 1.29 is 4.79 Å². The maximum Gasteiger partial charge on any atom is 0.168 e. The molecule has 1 aromatic carbocycles. The molecule has 0 N–H and O–H groups in total. The molecule has 0 fully saturated rings. The molecule has 30 heavy (non-hydrogen) atoms. The molecule has 0 unspecified atom stereocenters. The lowest BCUT2D eigenvalue weighted by Gasteiger charge is -2.25. The van der Waals surface area contributed by atoms with E-state index in [4.69, 9.17) is 0 Å². The van der Waals surface area contributed by atoms with Gasteiger partial charge in [-0.15, -0.1) is 0 Å². The Bertz CT molecular complexity index is 1260. The monoisotopic (exact) mass is 397 g/mol. The molecule has 5 rings (SSSR count). The molecule has 150 valence electrons. The van der Waals surface area contributed by atoms with Crippen LogP contribution in [0, 0.1) is 0 Å². The minimum Gasteiger partial charge on any atom is -0.302 e. The number of Topliss-reactive ketones (excluding diaryl/α,β-unsaturated/α-hetero) is 1. The lowest BCUT2D eigenvalue weighted by atomic mass is 9.95. The number of likely N-dealkylation sites (N-methyl/N-ethyl adjacent to an activating group) is 1. The van der Waals surface area contributed by atoms with E-state index in [1.165, 1.54) is 11.1 Å². The van der Waals surface area contributed by atoms with Gasteiger partial charge in [0.25, 0.3) is 0 Å². The first kappa shape index (κ1) is 18.6. The van der Waals surface area contributed by atoms with Crippen molar-refractivity contribution in [1.82, 2.24) is 24.6 Å². The number of fused-ring (bicyclic) bond motifs is 2. The number of carbonyl (C=O) groups excluding carboxylic acids is 1. The van der Waals surface area contributed by atoms with E-state index in [1.54, 1.807) is 10.9 Å². The van der Waals surface area contributed by atoms with E-state index >= 15 is 0 Å². The van der Waals surface area contributed by atoms with E-state index in [1.807, 2.05) is 37.8 Å². The highest BCUT2D eigenvalue weighted by Gasteiger charge is 2.16. The third-order valence-corrected chi connectivity index (χ3v) is 5.74. The molecule has 4 aromatic rings. The SMILES string of the molecule is CN1CCc2ccc(C(=O)Cc3cc4cc(-c5cnn(C)c5)cnc4cn3)cc2C1. The topological polar surface area (TPSA) is 63.9 Å². The van der Waals surface area contributed by atoms with E-state index in [2.05, 4.69) is 45.2 Å². The highest BCUT2D eigenvalue weighted by atomic mass is 16.1. The quantitative estimate of drug-likeness (QED) is 0.494. The van der Waals surface area contributed by atoms with Crippen molar-refractivity contribution in [2.45, 2.75) is 19.4 Å². The lowest BCUT2D eigenvalue weighted by Crippen LogP contribution is -2.26. The number of hydrogen-bond donors (Lipinski definition) is 0. The summed E-state index contributed by atoms with van der Waals surface area (Å²) in [5.41, 5.74) is 6.95. The van der Waals surface area contributed by atoms with Gasteiger partial charge in [-0.2, -0.15) is 5.10 Å². The van der Waals surface area contributed by atoms with Gasteiger partial charge in [0.15, 0.2) is 5.78 Å². The zero-order chi connectivity index (χ0) is 20.7. The Kier molecular flexibility index (Phi) is 4.64. The van der Waals surface area contributed by atoms with Crippen LogP contribution in [0.5, 0.6) is 0 Å². The Morgan fingerprint density at radius 1 is 1.00 bits per heavy atom. The van der Waals surface area contributed by atoms with Crippen molar-refractivity contribution in [3.63, 3.8) is 0 Å². The van der Waals surface area contributed by atoms with Crippen LogP contribution in [-0.2, 0) is 26.4 Å². The van der Waals surface area contributed by atoms with Crippen LogP contribution in [0.1, 0.15) is 27.2 Å². The molecule has 0 aliphatic carbocycles. The van der Waals surface area contributed by atoms with Crippen molar-refractivity contribution in [3.05, 3.63) is 77.5 Å². The molecule has 0 amide bonds. The average molecular weight is 397 g/mol. The summed E-state index contributed by atoms with van der Waals surface area (Å²) in [5.74, 6) is 0.0919. The summed E-state index contributed by atoms with van der Waals surface area (Å²) in [5, 5.41) is 5.20. The summed E-state index contributed by atoms with van der Waals surface area (Å²) in [4.78, 5) is 24.2. The Labute approximate surface area is 175 Å².